The zero-order valence-electron chi connectivity index (χ0n) is 15.5. The Morgan fingerprint density at radius 3 is 3.04 bits per heavy atom. The monoisotopic (exact) mass is 373 g/mol. The summed E-state index contributed by atoms with van der Waals surface area (Å²) in [5.74, 6) is 0.960. The molecule has 2 atom stereocenters. The number of carbonyl (C=O) groups excluding carboxylic acids is 1. The van der Waals surface area contributed by atoms with Crippen molar-refractivity contribution in [1.82, 2.24) is 19.8 Å². The van der Waals surface area contributed by atoms with Crippen molar-refractivity contribution in [3.63, 3.8) is 0 Å². The Bertz CT molecular complexity index is 803. The summed E-state index contributed by atoms with van der Waals surface area (Å²) in [7, 11) is 1.98. The molecule has 0 radical (unpaired) electrons. The number of likely N-dealkylation sites (N-methyl/N-ethyl adjacent to an activating group) is 1. The number of likely N-dealkylation sites (tertiary alicyclic amines) is 1. The summed E-state index contributed by atoms with van der Waals surface area (Å²) in [5, 5.41) is 0. The molecule has 7 nitrogen and oxygen atoms in total. The summed E-state index contributed by atoms with van der Waals surface area (Å²) in [5.41, 5.74) is 5.70. The highest BCUT2D eigenvalue weighted by molar-refractivity contribution is 5.81. The molecule has 1 aliphatic rings. The number of anilines is 1. The van der Waals surface area contributed by atoms with Crippen molar-refractivity contribution in [2.45, 2.75) is 32.0 Å². The minimum Gasteiger partial charge on any atom is -0.481 e. The van der Waals surface area contributed by atoms with Gasteiger partial charge in [0, 0.05) is 31.4 Å². The summed E-state index contributed by atoms with van der Waals surface area (Å²) < 4.78 is 18.9. The van der Waals surface area contributed by atoms with Gasteiger partial charge in [-0.1, -0.05) is 6.07 Å². The first-order valence-corrected chi connectivity index (χ1v) is 8.91. The quantitative estimate of drug-likeness (QED) is 0.830. The maximum atomic E-state index is 13.3. The van der Waals surface area contributed by atoms with Crippen LogP contribution in [0.25, 0.3) is 0 Å². The zero-order valence-corrected chi connectivity index (χ0v) is 15.5. The lowest BCUT2D eigenvalue weighted by Crippen LogP contribution is -2.41. The number of nitrogen functional groups attached to an aromatic ring is 1. The van der Waals surface area contributed by atoms with Crippen molar-refractivity contribution in [1.29, 1.82) is 0 Å². The summed E-state index contributed by atoms with van der Waals surface area (Å²) >= 11 is 0. The predicted molar refractivity (Wildman–Crippen MR) is 99.4 cm³/mol. The fourth-order valence-corrected chi connectivity index (χ4v) is 3.20. The molecule has 1 amide bonds. The van der Waals surface area contributed by atoms with Crippen molar-refractivity contribution in [2.24, 2.45) is 0 Å². The summed E-state index contributed by atoms with van der Waals surface area (Å²) in [6.07, 6.45) is 1.83. The fourth-order valence-electron chi connectivity index (χ4n) is 3.20. The number of carbonyl (C=O) groups is 1. The van der Waals surface area contributed by atoms with Crippen LogP contribution in [0, 0.1) is 5.82 Å². The molecule has 0 bridgehead atoms. The number of halogens is 1. The predicted octanol–water partition coefficient (Wildman–Crippen LogP) is 1.70. The molecule has 0 saturated carbocycles. The van der Waals surface area contributed by atoms with E-state index in [0.717, 1.165) is 6.42 Å². The lowest BCUT2D eigenvalue weighted by molar-refractivity contribution is -0.137. The van der Waals surface area contributed by atoms with Crippen LogP contribution in [0.15, 0.2) is 36.5 Å². The van der Waals surface area contributed by atoms with Gasteiger partial charge in [0.05, 0.1) is 6.54 Å². The molecular weight excluding hydrogens is 349 g/mol. The molecule has 8 heteroatoms. The first kappa shape index (κ1) is 19.0. The van der Waals surface area contributed by atoms with Gasteiger partial charge in [0.2, 0.25) is 0 Å². The standard InChI is InChI=1S/C19H24FN5O2/c1-13(27-16-5-3-4-14(20)10-16)19(26)25-9-7-15(11-25)24(2)12-18-22-8-6-17(21)23-18/h3-6,8,10,13,15H,7,9,11-12H2,1-2H3,(H2,21,22,23). The molecule has 1 aliphatic heterocycles. The molecule has 2 unspecified atom stereocenters. The average molecular weight is 373 g/mol. The van der Waals surface area contributed by atoms with E-state index in [1.807, 2.05) is 7.05 Å². The van der Waals surface area contributed by atoms with Gasteiger partial charge in [0.25, 0.3) is 5.91 Å². The molecule has 2 N–H and O–H groups in total. The van der Waals surface area contributed by atoms with E-state index in [4.69, 9.17) is 10.5 Å². The molecule has 1 aromatic heterocycles. The van der Waals surface area contributed by atoms with E-state index in [0.29, 0.717) is 37.0 Å². The smallest absolute Gasteiger partial charge is 0.263 e. The van der Waals surface area contributed by atoms with E-state index >= 15 is 0 Å². The first-order valence-electron chi connectivity index (χ1n) is 8.91. The van der Waals surface area contributed by atoms with Crippen LogP contribution in [0.2, 0.25) is 0 Å². The number of rotatable bonds is 6. The van der Waals surface area contributed by atoms with Crippen LogP contribution in [-0.2, 0) is 11.3 Å². The van der Waals surface area contributed by atoms with Gasteiger partial charge < -0.3 is 15.4 Å². The van der Waals surface area contributed by atoms with Gasteiger partial charge in [0.1, 0.15) is 23.2 Å². The average Bonchev–Trinajstić information content (AvgIpc) is 3.11. The molecule has 2 aromatic rings. The van der Waals surface area contributed by atoms with Gasteiger partial charge in [0.15, 0.2) is 6.10 Å². The number of ether oxygens (including phenoxy) is 1. The van der Waals surface area contributed by atoms with Gasteiger partial charge >= 0.3 is 0 Å². The van der Waals surface area contributed by atoms with Crippen molar-refractivity contribution in [3.8, 4) is 5.75 Å². The minimum absolute atomic E-state index is 0.102. The molecule has 0 aliphatic carbocycles. The van der Waals surface area contributed by atoms with Crippen LogP contribution in [-0.4, -0.2) is 58.0 Å². The Morgan fingerprint density at radius 2 is 2.30 bits per heavy atom. The van der Waals surface area contributed by atoms with Crippen LogP contribution in [0.5, 0.6) is 5.75 Å². The highest BCUT2D eigenvalue weighted by Gasteiger charge is 2.32. The third-order valence-corrected chi connectivity index (χ3v) is 4.67. The Kier molecular flexibility index (Phi) is 5.85. The molecule has 1 saturated heterocycles. The van der Waals surface area contributed by atoms with Gasteiger partial charge in [-0.3, -0.25) is 9.69 Å². The van der Waals surface area contributed by atoms with Crippen LogP contribution < -0.4 is 10.5 Å². The van der Waals surface area contributed by atoms with Gasteiger partial charge in [-0.2, -0.15) is 0 Å². The number of hydrogen-bond donors (Lipinski definition) is 1. The van der Waals surface area contributed by atoms with Crippen molar-refractivity contribution >= 4 is 11.7 Å². The molecule has 0 spiro atoms. The molecular formula is C19H24FN5O2. The molecule has 1 aromatic carbocycles. The van der Waals surface area contributed by atoms with Gasteiger partial charge in [-0.25, -0.2) is 14.4 Å². The highest BCUT2D eigenvalue weighted by atomic mass is 19.1. The van der Waals surface area contributed by atoms with Crippen LogP contribution >= 0.6 is 0 Å². The van der Waals surface area contributed by atoms with Crippen LogP contribution in [0.1, 0.15) is 19.2 Å². The van der Waals surface area contributed by atoms with E-state index in [1.54, 1.807) is 36.2 Å². The van der Waals surface area contributed by atoms with Crippen molar-refractivity contribution in [2.75, 3.05) is 25.9 Å². The van der Waals surface area contributed by atoms with Crippen molar-refractivity contribution < 1.29 is 13.9 Å². The molecule has 1 fully saturated rings. The number of nitrogens with zero attached hydrogens (tertiary/aromatic N) is 4. The Hall–Kier alpha value is -2.74. The Balaban J connectivity index is 1.54. The Labute approximate surface area is 158 Å². The fraction of sp³-hybridized carbons (Fsp3) is 0.421. The molecule has 3 rings (SSSR count). The topological polar surface area (TPSA) is 84.6 Å². The normalized spacial score (nSPS) is 17.9. The van der Waals surface area contributed by atoms with Crippen LogP contribution in [0.3, 0.4) is 0 Å². The second-order valence-electron chi connectivity index (χ2n) is 6.76. The molecule has 2 heterocycles. The lowest BCUT2D eigenvalue weighted by Gasteiger charge is -2.25. The second kappa shape index (κ2) is 8.30. The Morgan fingerprint density at radius 1 is 1.48 bits per heavy atom. The molecule has 144 valence electrons. The lowest BCUT2D eigenvalue weighted by atomic mass is 10.2. The van der Waals surface area contributed by atoms with E-state index in [2.05, 4.69) is 14.9 Å². The molecule has 27 heavy (non-hydrogen) atoms. The van der Waals surface area contributed by atoms with Gasteiger partial charge in [-0.15, -0.1) is 0 Å². The third-order valence-electron chi connectivity index (χ3n) is 4.67. The minimum atomic E-state index is -0.673. The maximum absolute atomic E-state index is 13.3. The van der Waals surface area contributed by atoms with E-state index < -0.39 is 11.9 Å². The van der Waals surface area contributed by atoms with Gasteiger partial charge in [-0.05, 0) is 38.6 Å². The number of benzene rings is 1. The van der Waals surface area contributed by atoms with E-state index in [1.165, 1.54) is 12.1 Å². The van der Waals surface area contributed by atoms with E-state index in [9.17, 15) is 9.18 Å². The zero-order chi connectivity index (χ0) is 19.4. The number of aromatic nitrogens is 2. The van der Waals surface area contributed by atoms with Crippen LogP contribution in [0.4, 0.5) is 10.2 Å². The van der Waals surface area contributed by atoms with E-state index in [-0.39, 0.29) is 11.9 Å². The number of nitrogens with two attached hydrogens (primary N) is 1. The summed E-state index contributed by atoms with van der Waals surface area (Å²) in [6.45, 7) is 3.51. The summed E-state index contributed by atoms with van der Waals surface area (Å²) in [4.78, 5) is 25.0. The number of hydrogen-bond acceptors (Lipinski definition) is 6. The highest BCUT2D eigenvalue weighted by Crippen LogP contribution is 2.19. The summed E-state index contributed by atoms with van der Waals surface area (Å²) in [6, 6.07) is 7.67. The third kappa shape index (κ3) is 4.91. The first-order chi connectivity index (χ1) is 12.9. The second-order valence-corrected chi connectivity index (χ2v) is 6.76. The largest absolute Gasteiger partial charge is 0.481 e. The van der Waals surface area contributed by atoms with Crippen molar-refractivity contribution in [3.05, 3.63) is 48.2 Å². The maximum Gasteiger partial charge on any atom is 0.263 e. The SMILES string of the molecule is CC(Oc1cccc(F)c1)C(=O)N1CCC(N(C)Cc2nccc(N)n2)C1. The number of amides is 1.